The Kier molecular flexibility index (Phi) is 4.62. The van der Waals surface area contributed by atoms with Crippen molar-refractivity contribution in [1.82, 2.24) is 5.32 Å². The Morgan fingerprint density at radius 2 is 2.44 bits per heavy atom. The molecule has 1 atom stereocenters. The molecule has 4 heteroatoms. The monoisotopic (exact) mass is 203 g/mol. The van der Waals surface area contributed by atoms with Crippen molar-refractivity contribution in [3.05, 3.63) is 6.42 Å². The van der Waals surface area contributed by atoms with Crippen LogP contribution in [0.15, 0.2) is 0 Å². The van der Waals surface area contributed by atoms with Crippen molar-refractivity contribution in [3.8, 4) is 0 Å². The van der Waals surface area contributed by atoms with Gasteiger partial charge in [0.05, 0.1) is 6.04 Å². The smallest absolute Gasteiger partial charge is 0.317 e. The molecule has 0 amide bonds. The van der Waals surface area contributed by atoms with E-state index in [0.29, 0.717) is 6.42 Å². The van der Waals surface area contributed by atoms with Crippen molar-refractivity contribution >= 4 is 5.97 Å². The van der Waals surface area contributed by atoms with Crippen molar-refractivity contribution in [3.63, 3.8) is 0 Å². The van der Waals surface area contributed by atoms with Gasteiger partial charge in [0.15, 0.2) is 0 Å². The predicted molar refractivity (Wildman–Crippen MR) is 28.3 cm³/mol. The molecule has 1 saturated heterocycles. The molecular weight excluding hydrogens is 195 g/mol. The van der Waals surface area contributed by atoms with E-state index in [1.54, 1.807) is 0 Å². The summed E-state index contributed by atoms with van der Waals surface area (Å²) in [5.74, 6) is -0.751. The fourth-order valence-corrected chi connectivity index (χ4v) is 0.747. The largest absolute Gasteiger partial charge is 0.480 e. The molecule has 0 aromatic heterocycles. The summed E-state index contributed by atoms with van der Waals surface area (Å²) in [6.07, 6.45) is 2.59. The number of rotatable bonds is 1. The predicted octanol–water partition coefficient (Wildman–Crippen LogP) is -0.365. The second kappa shape index (κ2) is 4.37. The first kappa shape index (κ1) is 9.53. The average molecular weight is 203 g/mol. The summed E-state index contributed by atoms with van der Waals surface area (Å²) in [5.41, 5.74) is 0. The van der Waals surface area contributed by atoms with Crippen LogP contribution >= 0.6 is 0 Å². The van der Waals surface area contributed by atoms with E-state index in [2.05, 4.69) is 5.32 Å². The maximum Gasteiger partial charge on any atom is 0.317 e. The molecule has 49 valence electrons. The molecule has 0 spiro atoms. The van der Waals surface area contributed by atoms with Gasteiger partial charge in [-0.2, -0.15) is 6.42 Å². The summed E-state index contributed by atoms with van der Waals surface area (Å²) in [5, 5.41) is 11.1. The zero-order valence-corrected chi connectivity index (χ0v) is 7.84. The van der Waals surface area contributed by atoms with Crippen LogP contribution < -0.4 is 5.32 Å². The van der Waals surface area contributed by atoms with Crippen molar-refractivity contribution in [2.24, 2.45) is 0 Å². The van der Waals surface area contributed by atoms with Crippen LogP contribution in [0.2, 0.25) is 0 Å². The maximum atomic E-state index is 10.1. The average Bonchev–Trinajstić information content (AvgIpc) is 2.12. The summed E-state index contributed by atoms with van der Waals surface area (Å²) in [6, 6.07) is -0.324. The van der Waals surface area contributed by atoms with Gasteiger partial charge in [0, 0.05) is 32.7 Å². The molecule has 0 aliphatic carbocycles. The van der Waals surface area contributed by atoms with Gasteiger partial charge in [-0.05, 0) is 0 Å². The number of hydrogen-bond donors (Lipinski definition) is 2. The van der Waals surface area contributed by atoms with Gasteiger partial charge < -0.3 is 16.8 Å². The molecule has 1 fully saturated rings. The van der Waals surface area contributed by atoms with Crippen molar-refractivity contribution in [2.75, 3.05) is 6.54 Å². The first-order valence-electron chi connectivity index (χ1n) is 2.58. The molecule has 0 aromatic carbocycles. The van der Waals surface area contributed by atoms with E-state index in [-0.39, 0.29) is 38.8 Å². The van der Waals surface area contributed by atoms with Crippen LogP contribution in [0.25, 0.3) is 0 Å². The van der Waals surface area contributed by atoms with Gasteiger partial charge >= 0.3 is 5.97 Å². The normalized spacial score (nSPS) is 25.1. The van der Waals surface area contributed by atoms with Crippen LogP contribution in [0.5, 0.6) is 0 Å². The van der Waals surface area contributed by atoms with Crippen LogP contribution in [0.4, 0.5) is 0 Å². The summed E-state index contributed by atoms with van der Waals surface area (Å²) >= 11 is 0. The van der Waals surface area contributed by atoms with Crippen molar-refractivity contribution < 1.29 is 42.6 Å². The number of carboxylic acid groups (broad SMARTS) is 1. The van der Waals surface area contributed by atoms with Gasteiger partial charge in [-0.25, -0.2) is 0 Å². The molecule has 0 unspecified atom stereocenters. The SMILES string of the molecule is O=C(O)[C@@H]1C[CH-]CN1.[Y]. The van der Waals surface area contributed by atoms with E-state index in [1.807, 2.05) is 6.42 Å². The van der Waals surface area contributed by atoms with Gasteiger partial charge in [0.2, 0.25) is 0 Å². The molecule has 9 heavy (non-hydrogen) atoms. The molecule has 1 heterocycles. The Balaban J connectivity index is 0.000000640. The Morgan fingerprint density at radius 3 is 2.67 bits per heavy atom. The number of aliphatic carboxylic acids is 1. The third-order valence-electron chi connectivity index (χ3n) is 1.21. The third kappa shape index (κ3) is 2.74. The summed E-state index contributed by atoms with van der Waals surface area (Å²) in [6.45, 7) is 0.733. The quantitative estimate of drug-likeness (QED) is 0.572. The van der Waals surface area contributed by atoms with Gasteiger partial charge in [-0.1, -0.05) is 0 Å². The van der Waals surface area contributed by atoms with Crippen LogP contribution in [0.1, 0.15) is 6.42 Å². The minimum Gasteiger partial charge on any atom is -0.480 e. The molecular formula is C5H8NO2Y-. The Morgan fingerprint density at radius 1 is 1.78 bits per heavy atom. The van der Waals surface area contributed by atoms with Crippen LogP contribution in [0.3, 0.4) is 0 Å². The molecule has 0 aromatic rings. The molecule has 1 aliphatic heterocycles. The molecule has 3 nitrogen and oxygen atoms in total. The molecule has 0 bridgehead atoms. The van der Waals surface area contributed by atoms with E-state index in [4.69, 9.17) is 5.11 Å². The van der Waals surface area contributed by atoms with Crippen LogP contribution in [-0.4, -0.2) is 23.7 Å². The Hall–Kier alpha value is 0.534. The minimum atomic E-state index is -0.751. The molecule has 1 rings (SSSR count). The number of hydrogen-bond acceptors (Lipinski definition) is 2. The van der Waals surface area contributed by atoms with Gasteiger partial charge in [-0.15, -0.1) is 6.54 Å². The summed E-state index contributed by atoms with van der Waals surface area (Å²) in [7, 11) is 0. The second-order valence-electron chi connectivity index (χ2n) is 1.82. The second-order valence-corrected chi connectivity index (χ2v) is 1.82. The Labute approximate surface area is 79.1 Å². The van der Waals surface area contributed by atoms with E-state index in [1.165, 1.54) is 0 Å². The van der Waals surface area contributed by atoms with Crippen LogP contribution in [0, 0.1) is 6.42 Å². The maximum absolute atomic E-state index is 10.1. The topological polar surface area (TPSA) is 49.3 Å². The Bertz CT molecular complexity index is 101. The molecule has 1 radical (unpaired) electrons. The first-order valence-corrected chi connectivity index (χ1v) is 2.58. The molecule has 2 N–H and O–H groups in total. The standard InChI is InChI=1S/C5H8NO2.Y/c7-5(8)4-2-1-3-6-4;/h1,4,6H,2-3H2,(H,7,8);/q-1;/t4-;/m0./s1. The van der Waals surface area contributed by atoms with Crippen molar-refractivity contribution in [2.45, 2.75) is 12.5 Å². The molecule has 1 aliphatic rings. The zero-order chi connectivity index (χ0) is 5.98. The minimum absolute atomic E-state index is 0. The molecule has 0 saturated carbocycles. The van der Waals surface area contributed by atoms with Gasteiger partial charge in [-0.3, -0.25) is 4.79 Å². The summed E-state index contributed by atoms with van der Waals surface area (Å²) < 4.78 is 0. The van der Waals surface area contributed by atoms with Crippen molar-refractivity contribution in [1.29, 1.82) is 0 Å². The zero-order valence-electron chi connectivity index (χ0n) is 5.00. The fourth-order valence-electron chi connectivity index (χ4n) is 0.747. The third-order valence-corrected chi connectivity index (χ3v) is 1.21. The fraction of sp³-hybridized carbons (Fsp3) is 0.600. The van der Waals surface area contributed by atoms with E-state index < -0.39 is 5.97 Å². The first-order chi connectivity index (χ1) is 3.80. The van der Waals surface area contributed by atoms with Crippen LogP contribution in [-0.2, 0) is 37.5 Å². The van der Waals surface area contributed by atoms with E-state index >= 15 is 0 Å². The van der Waals surface area contributed by atoms with E-state index in [0.717, 1.165) is 6.54 Å². The van der Waals surface area contributed by atoms with Gasteiger partial charge in [0.1, 0.15) is 0 Å². The summed E-state index contributed by atoms with van der Waals surface area (Å²) in [4.78, 5) is 10.1. The number of carbonyl (C=O) groups is 1. The van der Waals surface area contributed by atoms with Gasteiger partial charge in [0.25, 0.3) is 0 Å². The van der Waals surface area contributed by atoms with E-state index in [9.17, 15) is 4.79 Å². The number of nitrogens with one attached hydrogen (secondary N) is 1. The number of carboxylic acids is 1.